The zero-order valence-corrected chi connectivity index (χ0v) is 12.0. The summed E-state index contributed by atoms with van der Waals surface area (Å²) in [5.74, 6) is 5.15. The van der Waals surface area contributed by atoms with Gasteiger partial charge in [-0.15, -0.1) is 0 Å². The molecule has 1 aromatic rings. The summed E-state index contributed by atoms with van der Waals surface area (Å²) in [6.45, 7) is 2.85. The van der Waals surface area contributed by atoms with Crippen molar-refractivity contribution in [1.29, 1.82) is 0 Å². The average molecular weight is 298 g/mol. The van der Waals surface area contributed by atoms with Crippen LogP contribution in [0.4, 0.5) is 4.39 Å². The fourth-order valence-corrected chi connectivity index (χ4v) is 2.72. The lowest BCUT2D eigenvalue weighted by Crippen LogP contribution is -2.39. The van der Waals surface area contributed by atoms with Gasteiger partial charge in [0.05, 0.1) is 5.71 Å². The van der Waals surface area contributed by atoms with Gasteiger partial charge in [0.2, 0.25) is 5.91 Å². The van der Waals surface area contributed by atoms with Gasteiger partial charge in [0.1, 0.15) is 5.82 Å². The maximum atomic E-state index is 14.0. The average Bonchev–Trinajstić information content (AvgIpc) is 2.42. The minimum Gasteiger partial charge on any atom is -0.343 e. The van der Waals surface area contributed by atoms with Crippen LogP contribution < -0.4 is 5.84 Å². The Labute approximate surface area is 122 Å². The fourth-order valence-electron chi connectivity index (χ4n) is 2.56. The Kier molecular flexibility index (Phi) is 4.60. The summed E-state index contributed by atoms with van der Waals surface area (Å²) in [7, 11) is 0. The van der Waals surface area contributed by atoms with Crippen LogP contribution in [0.3, 0.4) is 0 Å². The van der Waals surface area contributed by atoms with E-state index in [0.29, 0.717) is 29.4 Å². The fraction of sp³-hybridized carbons (Fsp3) is 0.429. The molecule has 1 heterocycles. The normalized spacial score (nSPS) is 17.4. The molecule has 1 amide bonds. The van der Waals surface area contributed by atoms with Gasteiger partial charge in [0.15, 0.2) is 0 Å². The van der Waals surface area contributed by atoms with Crippen molar-refractivity contribution in [3.05, 3.63) is 34.6 Å². The van der Waals surface area contributed by atoms with Gasteiger partial charge in [0.25, 0.3) is 0 Å². The molecule has 0 bridgehead atoms. The lowest BCUT2D eigenvalue weighted by Gasteiger charge is -2.31. The van der Waals surface area contributed by atoms with Crippen molar-refractivity contribution in [2.24, 2.45) is 16.9 Å². The van der Waals surface area contributed by atoms with Gasteiger partial charge >= 0.3 is 0 Å². The number of benzene rings is 1. The molecule has 0 radical (unpaired) electrons. The summed E-state index contributed by atoms with van der Waals surface area (Å²) in [4.78, 5) is 13.1. The van der Waals surface area contributed by atoms with E-state index in [2.05, 4.69) is 5.10 Å². The third kappa shape index (κ3) is 3.10. The van der Waals surface area contributed by atoms with Crippen LogP contribution in [-0.2, 0) is 4.79 Å². The molecule has 0 atom stereocenters. The third-order valence-electron chi connectivity index (χ3n) is 3.67. The number of nitrogens with zero attached hydrogens (tertiary/aromatic N) is 2. The smallest absolute Gasteiger partial charge is 0.219 e. The minimum absolute atomic E-state index is 0.0614. The zero-order chi connectivity index (χ0) is 14.7. The molecule has 0 spiro atoms. The summed E-state index contributed by atoms with van der Waals surface area (Å²) in [6.07, 6.45) is 1.47. The van der Waals surface area contributed by atoms with Crippen LogP contribution in [-0.4, -0.2) is 29.6 Å². The van der Waals surface area contributed by atoms with Gasteiger partial charge in [-0.25, -0.2) is 4.39 Å². The van der Waals surface area contributed by atoms with Crippen molar-refractivity contribution < 1.29 is 9.18 Å². The van der Waals surface area contributed by atoms with E-state index in [1.807, 2.05) is 0 Å². The second kappa shape index (κ2) is 6.22. The van der Waals surface area contributed by atoms with Gasteiger partial charge in [0, 0.05) is 36.5 Å². The van der Waals surface area contributed by atoms with E-state index < -0.39 is 5.82 Å². The molecular formula is C14H17ClFN3O. The molecule has 0 saturated carbocycles. The van der Waals surface area contributed by atoms with E-state index in [9.17, 15) is 9.18 Å². The topological polar surface area (TPSA) is 58.7 Å². The zero-order valence-electron chi connectivity index (χ0n) is 11.3. The lowest BCUT2D eigenvalue weighted by molar-refractivity contribution is -0.129. The molecule has 2 N–H and O–H groups in total. The molecule has 1 aliphatic heterocycles. The molecule has 0 aliphatic carbocycles. The summed E-state index contributed by atoms with van der Waals surface area (Å²) < 4.78 is 14.0. The number of hydrogen-bond donors (Lipinski definition) is 1. The highest BCUT2D eigenvalue weighted by molar-refractivity contribution is 6.30. The number of piperidine rings is 1. The molecule has 4 nitrogen and oxygen atoms in total. The lowest BCUT2D eigenvalue weighted by atomic mass is 9.88. The number of halogens is 2. The van der Waals surface area contributed by atoms with Crippen molar-refractivity contribution in [3.8, 4) is 0 Å². The number of carbonyl (C=O) groups is 1. The Hall–Kier alpha value is -1.62. The quantitative estimate of drug-likeness (QED) is 0.518. The highest BCUT2D eigenvalue weighted by Crippen LogP contribution is 2.25. The van der Waals surface area contributed by atoms with Crippen molar-refractivity contribution in [3.63, 3.8) is 0 Å². The molecule has 1 aliphatic rings. The molecule has 108 valence electrons. The molecule has 6 heteroatoms. The maximum Gasteiger partial charge on any atom is 0.219 e. The molecule has 1 fully saturated rings. The number of carbonyl (C=O) groups excluding carboxylic acids is 1. The number of hydrogen-bond acceptors (Lipinski definition) is 3. The molecule has 0 aromatic heterocycles. The van der Waals surface area contributed by atoms with Crippen LogP contribution in [0.5, 0.6) is 0 Å². The number of nitrogens with two attached hydrogens (primary N) is 1. The standard InChI is InChI=1S/C14H17ClFN3O/c1-9(20)19-6-4-10(5-7-19)14(18-17)12-3-2-11(15)8-13(12)16/h2-3,8,10H,4-7,17H2,1H3. The summed E-state index contributed by atoms with van der Waals surface area (Å²) >= 11 is 5.75. The number of likely N-dealkylation sites (tertiary alicyclic amines) is 1. The second-order valence-corrected chi connectivity index (χ2v) is 5.36. The molecule has 1 aromatic carbocycles. The first-order valence-electron chi connectivity index (χ1n) is 6.51. The van der Waals surface area contributed by atoms with E-state index in [0.717, 1.165) is 12.8 Å². The van der Waals surface area contributed by atoms with E-state index in [1.165, 1.54) is 6.07 Å². The summed E-state index contributed by atoms with van der Waals surface area (Å²) in [5, 5.41) is 4.11. The summed E-state index contributed by atoms with van der Waals surface area (Å²) in [6, 6.07) is 4.48. The Bertz CT molecular complexity index is 539. The van der Waals surface area contributed by atoms with E-state index in [-0.39, 0.29) is 11.8 Å². The minimum atomic E-state index is -0.421. The predicted molar refractivity (Wildman–Crippen MR) is 77.1 cm³/mol. The van der Waals surface area contributed by atoms with E-state index >= 15 is 0 Å². The van der Waals surface area contributed by atoms with Gasteiger partial charge in [-0.1, -0.05) is 11.6 Å². The van der Waals surface area contributed by atoms with Crippen LogP contribution in [0.15, 0.2) is 23.3 Å². The van der Waals surface area contributed by atoms with Crippen LogP contribution in [0.1, 0.15) is 25.3 Å². The predicted octanol–water partition coefficient (Wildman–Crippen LogP) is 2.40. The Balaban J connectivity index is 2.16. The summed E-state index contributed by atoms with van der Waals surface area (Å²) in [5.41, 5.74) is 0.931. The highest BCUT2D eigenvalue weighted by atomic mass is 35.5. The van der Waals surface area contributed by atoms with E-state index in [1.54, 1.807) is 24.0 Å². The molecule has 0 unspecified atom stereocenters. The van der Waals surface area contributed by atoms with Crippen LogP contribution in [0.25, 0.3) is 0 Å². The van der Waals surface area contributed by atoms with Crippen molar-refractivity contribution in [2.45, 2.75) is 19.8 Å². The number of hydrazone groups is 1. The van der Waals surface area contributed by atoms with Crippen LogP contribution in [0, 0.1) is 11.7 Å². The molecule has 20 heavy (non-hydrogen) atoms. The largest absolute Gasteiger partial charge is 0.343 e. The highest BCUT2D eigenvalue weighted by Gasteiger charge is 2.26. The van der Waals surface area contributed by atoms with Gasteiger partial charge in [-0.3, -0.25) is 4.79 Å². The molecule has 1 saturated heterocycles. The SMILES string of the molecule is CC(=O)N1CCC(C(=NN)c2ccc(Cl)cc2F)CC1. The first-order valence-corrected chi connectivity index (χ1v) is 6.89. The number of amides is 1. The van der Waals surface area contributed by atoms with Gasteiger partial charge in [-0.2, -0.15) is 5.10 Å². The first kappa shape index (κ1) is 14.8. The van der Waals surface area contributed by atoms with Crippen molar-refractivity contribution in [2.75, 3.05) is 13.1 Å². The first-order chi connectivity index (χ1) is 9.52. The van der Waals surface area contributed by atoms with Crippen molar-refractivity contribution >= 4 is 23.2 Å². The van der Waals surface area contributed by atoms with Crippen LogP contribution >= 0.6 is 11.6 Å². The monoisotopic (exact) mass is 297 g/mol. The Morgan fingerprint density at radius 3 is 2.60 bits per heavy atom. The van der Waals surface area contributed by atoms with Gasteiger partial charge in [-0.05, 0) is 31.0 Å². The second-order valence-electron chi connectivity index (χ2n) is 4.92. The Morgan fingerprint density at radius 2 is 2.10 bits per heavy atom. The Morgan fingerprint density at radius 1 is 1.45 bits per heavy atom. The third-order valence-corrected chi connectivity index (χ3v) is 3.91. The van der Waals surface area contributed by atoms with Crippen molar-refractivity contribution in [1.82, 2.24) is 4.90 Å². The van der Waals surface area contributed by atoms with Crippen LogP contribution in [0.2, 0.25) is 5.02 Å². The molecular weight excluding hydrogens is 281 g/mol. The van der Waals surface area contributed by atoms with Gasteiger partial charge < -0.3 is 10.7 Å². The number of rotatable bonds is 2. The maximum absolute atomic E-state index is 14.0. The molecule has 2 rings (SSSR count). The van der Waals surface area contributed by atoms with E-state index in [4.69, 9.17) is 17.4 Å².